The van der Waals surface area contributed by atoms with Gasteiger partial charge in [0, 0.05) is 35.6 Å². The molecule has 0 aliphatic carbocycles. The van der Waals surface area contributed by atoms with Crippen LogP contribution in [0.15, 0.2) is 77.5 Å². The van der Waals surface area contributed by atoms with E-state index in [1.807, 2.05) is 43.6 Å². The molecule has 0 atom stereocenters. The van der Waals surface area contributed by atoms with Crippen molar-refractivity contribution in [1.82, 2.24) is 19.9 Å². The van der Waals surface area contributed by atoms with Gasteiger partial charge in [-0.05, 0) is 116 Å². The topological polar surface area (TPSA) is 90.9 Å². The largest absolute Gasteiger partial charge is 0.435 e. The highest BCUT2D eigenvalue weighted by atomic mass is 16.3. The summed E-state index contributed by atoms with van der Waals surface area (Å²) in [4.78, 5) is 16.6. The SMILES string of the molecule is Cc1cnc2c(Nc3cccc(-c4cccc(-c5nc6cc(CN7CCCC7)cc(C#N)c6o5)c4C)c3C)nccc2c1. The van der Waals surface area contributed by atoms with Gasteiger partial charge < -0.3 is 9.73 Å². The van der Waals surface area contributed by atoms with Crippen LogP contribution in [0.4, 0.5) is 11.5 Å². The predicted molar refractivity (Wildman–Crippen MR) is 171 cm³/mol. The lowest BCUT2D eigenvalue weighted by Crippen LogP contribution is -2.18. The average molecular weight is 565 g/mol. The van der Waals surface area contributed by atoms with E-state index in [9.17, 15) is 5.26 Å². The van der Waals surface area contributed by atoms with Crippen molar-refractivity contribution in [3.8, 4) is 28.7 Å². The third kappa shape index (κ3) is 5.00. The van der Waals surface area contributed by atoms with Crippen molar-refractivity contribution in [2.24, 2.45) is 0 Å². The second-order valence-electron chi connectivity index (χ2n) is 11.4. The lowest BCUT2D eigenvalue weighted by molar-refractivity contribution is 0.331. The Hall–Kier alpha value is -5.06. The highest BCUT2D eigenvalue weighted by Crippen LogP contribution is 2.37. The van der Waals surface area contributed by atoms with Gasteiger partial charge in [0.25, 0.3) is 0 Å². The Labute approximate surface area is 250 Å². The molecule has 0 bridgehead atoms. The molecule has 0 saturated carbocycles. The molecule has 0 unspecified atom stereocenters. The minimum absolute atomic E-state index is 0.525. The number of pyridine rings is 2. The molecular formula is C36H32N6O. The molecule has 1 aliphatic rings. The molecule has 0 spiro atoms. The number of nitrogens with one attached hydrogen (secondary N) is 1. The normalized spacial score (nSPS) is 13.5. The zero-order valence-electron chi connectivity index (χ0n) is 24.6. The molecule has 1 saturated heterocycles. The van der Waals surface area contributed by atoms with E-state index in [1.54, 1.807) is 0 Å². The standard InChI is InChI=1S/C36H32N6O/c1-22-16-26-12-13-38-35(33(26)39-20-22)40-31-11-7-9-29(24(31)3)28-8-6-10-30(23(28)2)36-41-32-18-25(21-42-14-4-5-15-42)17-27(19-37)34(32)43-36/h6-13,16-18,20H,4-5,14-15,21H2,1-3H3,(H,38,40). The van der Waals surface area contributed by atoms with Crippen LogP contribution in [-0.4, -0.2) is 32.9 Å². The molecule has 1 N–H and O–H groups in total. The summed E-state index contributed by atoms with van der Waals surface area (Å²) < 4.78 is 6.28. The quantitative estimate of drug-likeness (QED) is 0.218. The van der Waals surface area contributed by atoms with Crippen LogP contribution < -0.4 is 5.32 Å². The summed E-state index contributed by atoms with van der Waals surface area (Å²) in [7, 11) is 0. The number of benzene rings is 3. The molecular weight excluding hydrogens is 532 g/mol. The summed E-state index contributed by atoms with van der Waals surface area (Å²) in [6.45, 7) is 9.28. The zero-order chi connectivity index (χ0) is 29.5. The number of hydrogen-bond donors (Lipinski definition) is 1. The van der Waals surface area contributed by atoms with Gasteiger partial charge in [0.2, 0.25) is 5.89 Å². The fourth-order valence-corrected chi connectivity index (χ4v) is 6.19. The third-order valence-corrected chi connectivity index (χ3v) is 8.45. The number of hydrogen-bond acceptors (Lipinski definition) is 7. The van der Waals surface area contributed by atoms with Crippen LogP contribution in [0, 0.1) is 32.1 Å². The molecule has 7 heteroatoms. The highest BCUT2D eigenvalue weighted by Gasteiger charge is 2.19. The molecule has 1 fully saturated rings. The zero-order valence-corrected chi connectivity index (χ0v) is 24.6. The van der Waals surface area contributed by atoms with Crippen molar-refractivity contribution < 1.29 is 4.42 Å². The molecule has 4 heterocycles. The fraction of sp³-hybridized carbons (Fsp3) is 0.222. The number of aromatic nitrogens is 3. The van der Waals surface area contributed by atoms with Crippen molar-refractivity contribution in [2.45, 2.75) is 40.2 Å². The van der Waals surface area contributed by atoms with Gasteiger partial charge in [-0.1, -0.05) is 24.3 Å². The first-order valence-corrected chi connectivity index (χ1v) is 14.7. The van der Waals surface area contributed by atoms with Crippen molar-refractivity contribution in [3.05, 3.63) is 101 Å². The second kappa shape index (κ2) is 11.0. The van der Waals surface area contributed by atoms with Gasteiger partial charge >= 0.3 is 0 Å². The Morgan fingerprint density at radius 1 is 0.907 bits per heavy atom. The Morgan fingerprint density at radius 2 is 1.67 bits per heavy atom. The minimum atomic E-state index is 0.525. The molecule has 3 aromatic heterocycles. The smallest absolute Gasteiger partial charge is 0.227 e. The molecule has 212 valence electrons. The number of aryl methyl sites for hydroxylation is 1. The molecule has 43 heavy (non-hydrogen) atoms. The van der Waals surface area contributed by atoms with Crippen LogP contribution in [0.5, 0.6) is 0 Å². The van der Waals surface area contributed by atoms with Gasteiger partial charge in [0.05, 0.1) is 5.56 Å². The Bertz CT molecular complexity index is 2050. The summed E-state index contributed by atoms with van der Waals surface area (Å²) in [6.07, 6.45) is 6.14. The van der Waals surface area contributed by atoms with Crippen LogP contribution in [0.3, 0.4) is 0 Å². The number of nitriles is 1. The van der Waals surface area contributed by atoms with Crippen molar-refractivity contribution in [2.75, 3.05) is 18.4 Å². The summed E-state index contributed by atoms with van der Waals surface area (Å²) >= 11 is 0. The van der Waals surface area contributed by atoms with E-state index in [2.05, 4.69) is 76.5 Å². The monoisotopic (exact) mass is 564 g/mol. The number of likely N-dealkylation sites (tertiary alicyclic amines) is 1. The van der Waals surface area contributed by atoms with Gasteiger partial charge in [0.1, 0.15) is 17.1 Å². The molecule has 0 radical (unpaired) electrons. The van der Waals surface area contributed by atoms with E-state index < -0.39 is 0 Å². The van der Waals surface area contributed by atoms with E-state index in [1.165, 1.54) is 12.8 Å². The molecule has 7 nitrogen and oxygen atoms in total. The molecule has 3 aromatic carbocycles. The fourth-order valence-electron chi connectivity index (χ4n) is 6.19. The second-order valence-corrected chi connectivity index (χ2v) is 11.4. The van der Waals surface area contributed by atoms with Gasteiger partial charge in [-0.25, -0.2) is 9.97 Å². The van der Waals surface area contributed by atoms with Gasteiger partial charge in [0.15, 0.2) is 11.4 Å². The molecule has 6 aromatic rings. The van der Waals surface area contributed by atoms with E-state index in [-0.39, 0.29) is 0 Å². The highest BCUT2D eigenvalue weighted by molar-refractivity contribution is 5.91. The van der Waals surface area contributed by atoms with Crippen LogP contribution in [0.1, 0.15) is 40.7 Å². The van der Waals surface area contributed by atoms with Crippen molar-refractivity contribution in [3.63, 3.8) is 0 Å². The van der Waals surface area contributed by atoms with E-state index in [0.717, 1.165) is 86.5 Å². The number of anilines is 2. The van der Waals surface area contributed by atoms with Crippen molar-refractivity contribution >= 4 is 33.5 Å². The first-order valence-electron chi connectivity index (χ1n) is 14.7. The number of fused-ring (bicyclic) bond motifs is 2. The number of rotatable bonds is 6. The summed E-state index contributed by atoms with van der Waals surface area (Å²) in [5.41, 5.74) is 11.1. The predicted octanol–water partition coefficient (Wildman–Crippen LogP) is 8.24. The first kappa shape index (κ1) is 26.8. The lowest BCUT2D eigenvalue weighted by Gasteiger charge is -2.16. The van der Waals surface area contributed by atoms with Gasteiger partial charge in [-0.15, -0.1) is 0 Å². The van der Waals surface area contributed by atoms with Crippen molar-refractivity contribution in [1.29, 1.82) is 5.26 Å². The maximum Gasteiger partial charge on any atom is 0.227 e. The Balaban J connectivity index is 1.25. The number of nitrogens with zero attached hydrogens (tertiary/aromatic N) is 5. The van der Waals surface area contributed by atoms with Gasteiger partial charge in [-0.3, -0.25) is 9.88 Å². The molecule has 1 aliphatic heterocycles. The van der Waals surface area contributed by atoms with E-state index in [4.69, 9.17) is 9.40 Å². The minimum Gasteiger partial charge on any atom is -0.435 e. The molecule has 0 amide bonds. The Morgan fingerprint density at radius 3 is 2.49 bits per heavy atom. The summed E-state index contributed by atoms with van der Waals surface area (Å²) in [5, 5.41) is 14.5. The number of oxazole rings is 1. The van der Waals surface area contributed by atoms with Crippen LogP contribution in [0.2, 0.25) is 0 Å². The maximum atomic E-state index is 9.92. The lowest BCUT2D eigenvalue weighted by atomic mass is 9.93. The van der Waals surface area contributed by atoms with E-state index in [0.29, 0.717) is 17.0 Å². The van der Waals surface area contributed by atoms with E-state index >= 15 is 0 Å². The Kier molecular flexibility index (Phi) is 6.84. The molecule has 7 rings (SSSR count). The van der Waals surface area contributed by atoms with Crippen LogP contribution in [0.25, 0.3) is 44.6 Å². The summed E-state index contributed by atoms with van der Waals surface area (Å²) in [6, 6.07) is 22.9. The maximum absolute atomic E-state index is 9.92. The third-order valence-electron chi connectivity index (χ3n) is 8.45. The summed E-state index contributed by atoms with van der Waals surface area (Å²) in [5.74, 6) is 1.25. The van der Waals surface area contributed by atoms with Crippen LogP contribution >= 0.6 is 0 Å². The van der Waals surface area contributed by atoms with Crippen LogP contribution in [-0.2, 0) is 6.54 Å². The van der Waals surface area contributed by atoms with Gasteiger partial charge in [-0.2, -0.15) is 5.26 Å². The first-order chi connectivity index (χ1) is 21.0. The average Bonchev–Trinajstić information content (AvgIpc) is 3.68.